The molecule has 0 bridgehead atoms. The van der Waals surface area contributed by atoms with Crippen LogP contribution in [0, 0.1) is 5.41 Å². The van der Waals surface area contributed by atoms with Gasteiger partial charge in [-0.15, -0.1) is 12.4 Å². The quantitative estimate of drug-likeness (QED) is 0.415. The van der Waals surface area contributed by atoms with Crippen LogP contribution in [-0.4, -0.2) is 40.6 Å². The summed E-state index contributed by atoms with van der Waals surface area (Å²) in [6.45, 7) is -0.713. The summed E-state index contributed by atoms with van der Waals surface area (Å²) in [5.74, 6) is -0.740. The van der Waals surface area contributed by atoms with Crippen LogP contribution in [0.3, 0.4) is 0 Å². The zero-order chi connectivity index (χ0) is 19.8. The molecule has 0 aromatic heterocycles. The largest absolute Gasteiger partial charge is 0.465 e. The summed E-state index contributed by atoms with van der Waals surface area (Å²) in [6.07, 6.45) is -1.22. The molecule has 9 heteroatoms. The second kappa shape index (κ2) is 11.0. The number of amidine groups is 1. The third-order valence-electron chi connectivity index (χ3n) is 3.88. The minimum Gasteiger partial charge on any atom is -0.465 e. The summed E-state index contributed by atoms with van der Waals surface area (Å²) in [4.78, 5) is 24.0. The Morgan fingerprint density at radius 3 is 2.25 bits per heavy atom. The third kappa shape index (κ3) is 6.33. The van der Waals surface area contributed by atoms with Gasteiger partial charge in [-0.2, -0.15) is 0 Å². The second-order valence-corrected chi connectivity index (χ2v) is 5.88. The summed E-state index contributed by atoms with van der Waals surface area (Å²) in [6, 6.07) is 14.3. The number of hydrogen-bond donors (Lipinski definition) is 4. The van der Waals surface area contributed by atoms with E-state index in [1.54, 1.807) is 48.5 Å². The van der Waals surface area contributed by atoms with E-state index < -0.39 is 24.7 Å². The Labute approximate surface area is 168 Å². The van der Waals surface area contributed by atoms with Crippen molar-refractivity contribution in [3.63, 3.8) is 0 Å². The maximum atomic E-state index is 12.3. The highest BCUT2D eigenvalue weighted by atomic mass is 35.5. The van der Waals surface area contributed by atoms with Gasteiger partial charge in [0.15, 0.2) is 0 Å². The summed E-state index contributed by atoms with van der Waals surface area (Å²) < 4.78 is 12.3. The first kappa shape index (κ1) is 23.1. The average molecular weight is 409 g/mol. The molecule has 2 rings (SSSR count). The van der Waals surface area contributed by atoms with Gasteiger partial charge < -0.3 is 16.2 Å². The molecule has 0 aliphatic heterocycles. The molecule has 1 unspecified atom stereocenters. The van der Waals surface area contributed by atoms with Crippen LogP contribution >= 0.6 is 12.4 Å². The second-order valence-electron chi connectivity index (χ2n) is 5.88. The number of amides is 2. The number of hydrogen-bond acceptors (Lipinski definition) is 4. The van der Waals surface area contributed by atoms with Gasteiger partial charge in [-0.1, -0.05) is 54.6 Å². The lowest BCUT2D eigenvalue weighted by atomic mass is 10.1. The molecule has 0 spiro atoms. The molecule has 0 aliphatic carbocycles. The molecule has 5 N–H and O–H groups in total. The lowest BCUT2D eigenvalue weighted by Crippen LogP contribution is -2.41. The van der Waals surface area contributed by atoms with Crippen LogP contribution in [0.15, 0.2) is 54.6 Å². The Hall–Kier alpha value is -2.97. The van der Waals surface area contributed by atoms with Crippen LogP contribution in [0.25, 0.3) is 0 Å². The summed E-state index contributed by atoms with van der Waals surface area (Å²) in [5, 5.41) is 20.2. The molecule has 0 fully saturated rings. The lowest BCUT2D eigenvalue weighted by molar-refractivity contribution is -0.122. The van der Waals surface area contributed by atoms with E-state index >= 15 is 0 Å². The number of benzene rings is 2. The van der Waals surface area contributed by atoms with Gasteiger partial charge in [0.1, 0.15) is 18.6 Å². The SMILES string of the molecule is Cl.N=C(c1ccc(CNC(=O)C(N)CF)cc1)N(Cc1ccccc1)C(=O)O. The molecule has 2 aromatic carbocycles. The smallest absolute Gasteiger partial charge is 0.413 e. The number of nitrogens with two attached hydrogens (primary N) is 1. The first-order valence-corrected chi connectivity index (χ1v) is 8.24. The number of halogens is 2. The number of rotatable bonds is 7. The molecule has 0 heterocycles. The van der Waals surface area contributed by atoms with E-state index in [1.165, 1.54) is 0 Å². The minimum atomic E-state index is -1.22. The number of carbonyl (C=O) groups is 2. The van der Waals surface area contributed by atoms with Gasteiger partial charge in [0.25, 0.3) is 0 Å². The summed E-state index contributed by atoms with van der Waals surface area (Å²) in [5.41, 5.74) is 7.20. The van der Waals surface area contributed by atoms with E-state index in [0.717, 1.165) is 16.0 Å². The van der Waals surface area contributed by atoms with Gasteiger partial charge in [-0.25, -0.2) is 9.18 Å². The number of carbonyl (C=O) groups excluding carboxylic acids is 1. The van der Waals surface area contributed by atoms with Crippen LogP contribution in [-0.2, 0) is 17.9 Å². The first-order chi connectivity index (χ1) is 12.9. The number of nitrogens with one attached hydrogen (secondary N) is 2. The van der Waals surface area contributed by atoms with Crippen LogP contribution in [0.2, 0.25) is 0 Å². The predicted molar refractivity (Wildman–Crippen MR) is 106 cm³/mol. The Morgan fingerprint density at radius 2 is 1.71 bits per heavy atom. The fourth-order valence-electron chi connectivity index (χ4n) is 2.33. The fraction of sp³-hybridized carbons (Fsp3) is 0.211. The first-order valence-electron chi connectivity index (χ1n) is 8.24. The molecular weight excluding hydrogens is 387 g/mol. The van der Waals surface area contributed by atoms with Crippen molar-refractivity contribution < 1.29 is 19.1 Å². The normalized spacial score (nSPS) is 11.1. The standard InChI is InChI=1S/C19H21FN4O3.ClH/c20-10-16(21)18(25)23-11-13-6-8-15(9-7-13)17(22)24(19(26)27)12-14-4-2-1-3-5-14;/h1-9,16,22H,10-12,21H2,(H,23,25)(H,26,27);1H. The highest BCUT2D eigenvalue weighted by molar-refractivity contribution is 6.04. The molecule has 7 nitrogen and oxygen atoms in total. The number of alkyl halides is 1. The predicted octanol–water partition coefficient (Wildman–Crippen LogP) is 2.53. The summed E-state index contributed by atoms with van der Waals surface area (Å²) >= 11 is 0. The van der Waals surface area contributed by atoms with Crippen molar-refractivity contribution in [2.24, 2.45) is 5.73 Å². The molecule has 0 radical (unpaired) electrons. The van der Waals surface area contributed by atoms with E-state index in [9.17, 15) is 19.1 Å². The average Bonchev–Trinajstić information content (AvgIpc) is 2.70. The van der Waals surface area contributed by atoms with E-state index in [0.29, 0.717) is 5.56 Å². The molecule has 0 saturated heterocycles. The van der Waals surface area contributed by atoms with Gasteiger partial charge in [0.2, 0.25) is 5.91 Å². The van der Waals surface area contributed by atoms with Gasteiger partial charge in [-0.05, 0) is 11.1 Å². The van der Waals surface area contributed by atoms with Crippen molar-refractivity contribution in [2.75, 3.05) is 6.67 Å². The van der Waals surface area contributed by atoms with E-state index in [-0.39, 0.29) is 31.3 Å². The lowest BCUT2D eigenvalue weighted by Gasteiger charge is -2.20. The van der Waals surface area contributed by atoms with Crippen LogP contribution in [0.1, 0.15) is 16.7 Å². The van der Waals surface area contributed by atoms with Gasteiger partial charge in [-0.3, -0.25) is 15.1 Å². The molecule has 0 aliphatic rings. The Bertz CT molecular complexity index is 803. The minimum absolute atomic E-state index is 0. The molecule has 2 aromatic rings. The van der Waals surface area contributed by atoms with Crippen LogP contribution in [0.5, 0.6) is 0 Å². The van der Waals surface area contributed by atoms with Gasteiger partial charge in [0, 0.05) is 12.1 Å². The third-order valence-corrected chi connectivity index (χ3v) is 3.88. The van der Waals surface area contributed by atoms with Crippen LogP contribution in [0.4, 0.5) is 9.18 Å². The van der Waals surface area contributed by atoms with Crippen molar-refractivity contribution in [1.82, 2.24) is 10.2 Å². The molecule has 0 saturated carbocycles. The van der Waals surface area contributed by atoms with E-state index in [4.69, 9.17) is 11.1 Å². The Morgan fingerprint density at radius 1 is 1.11 bits per heavy atom. The summed E-state index contributed by atoms with van der Waals surface area (Å²) in [7, 11) is 0. The van der Waals surface area contributed by atoms with Crippen molar-refractivity contribution in [3.05, 3.63) is 71.3 Å². The van der Waals surface area contributed by atoms with Gasteiger partial charge >= 0.3 is 6.09 Å². The fourth-order valence-corrected chi connectivity index (χ4v) is 2.33. The maximum absolute atomic E-state index is 12.3. The van der Waals surface area contributed by atoms with E-state index in [2.05, 4.69) is 5.32 Å². The molecule has 1 atom stereocenters. The monoisotopic (exact) mass is 408 g/mol. The van der Waals surface area contributed by atoms with Crippen LogP contribution < -0.4 is 11.1 Å². The van der Waals surface area contributed by atoms with Crippen molar-refractivity contribution in [1.29, 1.82) is 5.41 Å². The maximum Gasteiger partial charge on any atom is 0.413 e. The van der Waals surface area contributed by atoms with Gasteiger partial charge in [0.05, 0.1) is 6.54 Å². The molecule has 28 heavy (non-hydrogen) atoms. The highest BCUT2D eigenvalue weighted by Crippen LogP contribution is 2.12. The van der Waals surface area contributed by atoms with Crippen molar-refractivity contribution in [2.45, 2.75) is 19.1 Å². The van der Waals surface area contributed by atoms with Crippen molar-refractivity contribution >= 4 is 30.2 Å². The molecule has 2 amide bonds. The molecule has 150 valence electrons. The topological polar surface area (TPSA) is 120 Å². The zero-order valence-corrected chi connectivity index (χ0v) is 15.8. The number of carboxylic acid groups (broad SMARTS) is 1. The Kier molecular flexibility index (Phi) is 9.07. The zero-order valence-electron chi connectivity index (χ0n) is 15.0. The number of nitrogens with zero attached hydrogens (tertiary/aromatic N) is 1. The van der Waals surface area contributed by atoms with E-state index in [1.807, 2.05) is 6.07 Å². The Balaban J connectivity index is 0.00000392. The highest BCUT2D eigenvalue weighted by Gasteiger charge is 2.19. The van der Waals surface area contributed by atoms with Crippen molar-refractivity contribution in [3.8, 4) is 0 Å². The molecular formula is C19H22ClFN4O3.